The number of hydrogen-bond donors (Lipinski definition) is 1. The van der Waals surface area contributed by atoms with E-state index in [4.69, 9.17) is 9.84 Å². The van der Waals surface area contributed by atoms with Gasteiger partial charge in [-0.3, -0.25) is 4.79 Å². The molecule has 6 nitrogen and oxygen atoms in total. The minimum Gasteiger partial charge on any atom is -0.467 e. The van der Waals surface area contributed by atoms with Crippen LogP contribution in [0.25, 0.3) is 16.9 Å². The van der Waals surface area contributed by atoms with Crippen LogP contribution in [0.15, 0.2) is 60.8 Å². The Balaban J connectivity index is 2.01. The van der Waals surface area contributed by atoms with E-state index in [9.17, 15) is 9.59 Å². The van der Waals surface area contributed by atoms with Crippen molar-refractivity contribution >= 4 is 23.6 Å². The number of esters is 1. The first kappa shape index (κ1) is 21.6. The van der Waals surface area contributed by atoms with Gasteiger partial charge >= 0.3 is 5.97 Å². The number of carbonyl (C=O) groups excluding carboxylic acids is 2. The Hall–Kier alpha value is -3.06. The molecule has 0 aliphatic heterocycles. The summed E-state index contributed by atoms with van der Waals surface area (Å²) >= 11 is 1.61. The summed E-state index contributed by atoms with van der Waals surface area (Å²) in [4.78, 5) is 25.4. The van der Waals surface area contributed by atoms with Gasteiger partial charge in [-0.05, 0) is 43.0 Å². The summed E-state index contributed by atoms with van der Waals surface area (Å²) in [5.74, 6) is -0.0780. The number of aromatic nitrogens is 2. The highest BCUT2D eigenvalue weighted by atomic mass is 32.2. The van der Waals surface area contributed by atoms with Gasteiger partial charge in [-0.15, -0.1) is 0 Å². The molecule has 0 spiro atoms. The van der Waals surface area contributed by atoms with Gasteiger partial charge in [0.1, 0.15) is 11.7 Å². The highest BCUT2D eigenvalue weighted by molar-refractivity contribution is 7.98. The molecule has 30 heavy (non-hydrogen) atoms. The molecule has 0 saturated carbocycles. The van der Waals surface area contributed by atoms with Crippen LogP contribution in [0.1, 0.15) is 22.3 Å². The Morgan fingerprint density at radius 3 is 2.50 bits per heavy atom. The van der Waals surface area contributed by atoms with E-state index < -0.39 is 12.0 Å². The van der Waals surface area contributed by atoms with E-state index in [1.54, 1.807) is 22.6 Å². The molecule has 3 aromatic rings. The molecule has 0 aliphatic rings. The number of amides is 1. The number of nitrogens with zero attached hydrogens (tertiary/aromatic N) is 2. The first-order valence-corrected chi connectivity index (χ1v) is 11.0. The normalized spacial score (nSPS) is 11.7. The lowest BCUT2D eigenvalue weighted by Gasteiger charge is -2.16. The van der Waals surface area contributed by atoms with Crippen LogP contribution in [0.5, 0.6) is 0 Å². The Morgan fingerprint density at radius 2 is 1.83 bits per heavy atom. The van der Waals surface area contributed by atoms with Crippen molar-refractivity contribution in [2.24, 2.45) is 0 Å². The van der Waals surface area contributed by atoms with Crippen LogP contribution in [0, 0.1) is 6.92 Å². The van der Waals surface area contributed by atoms with E-state index in [1.807, 2.05) is 67.8 Å². The Bertz CT molecular complexity index is 1020. The summed E-state index contributed by atoms with van der Waals surface area (Å²) in [7, 11) is 1.33. The van der Waals surface area contributed by atoms with E-state index in [0.717, 1.165) is 22.6 Å². The van der Waals surface area contributed by atoms with E-state index >= 15 is 0 Å². The second-order valence-corrected chi connectivity index (χ2v) is 7.80. The molecule has 0 unspecified atom stereocenters. The van der Waals surface area contributed by atoms with Crippen LogP contribution in [-0.4, -0.2) is 46.8 Å². The lowest BCUT2D eigenvalue weighted by molar-refractivity contribution is -0.142. The summed E-state index contributed by atoms with van der Waals surface area (Å²) in [6.07, 6.45) is 4.15. The third-order valence-electron chi connectivity index (χ3n) is 4.78. The smallest absolute Gasteiger partial charge is 0.328 e. The standard InChI is InChI=1S/C23H25N3O3S/c1-16-9-7-8-12-18(16)21-19(15-26(25-21)17-10-5-4-6-11-17)22(27)24-20(13-14-30-3)23(28)29-2/h4-12,15,20H,13-14H2,1-3H3,(H,24,27)/t20-/m1/s1. The number of nitrogens with one attached hydrogen (secondary N) is 1. The van der Waals surface area contributed by atoms with Crippen LogP contribution < -0.4 is 5.32 Å². The average molecular weight is 424 g/mol. The minimum absolute atomic E-state index is 0.355. The van der Waals surface area contributed by atoms with Crippen LogP contribution in [0.3, 0.4) is 0 Å². The maximum absolute atomic E-state index is 13.2. The molecule has 0 saturated heterocycles. The summed E-state index contributed by atoms with van der Waals surface area (Å²) in [6, 6.07) is 16.7. The van der Waals surface area contributed by atoms with Crippen molar-refractivity contribution in [3.05, 3.63) is 71.9 Å². The van der Waals surface area contributed by atoms with E-state index in [2.05, 4.69) is 5.32 Å². The van der Waals surface area contributed by atoms with Crippen molar-refractivity contribution in [1.29, 1.82) is 0 Å². The van der Waals surface area contributed by atoms with Gasteiger partial charge in [0.15, 0.2) is 0 Å². The van der Waals surface area contributed by atoms with Gasteiger partial charge in [-0.1, -0.05) is 42.5 Å². The molecule has 156 valence electrons. The third kappa shape index (κ3) is 4.91. The number of carbonyl (C=O) groups is 2. The van der Waals surface area contributed by atoms with Crippen LogP contribution in [0.2, 0.25) is 0 Å². The Kier molecular flexibility index (Phi) is 7.30. The first-order valence-electron chi connectivity index (χ1n) is 9.64. The molecule has 2 aromatic carbocycles. The summed E-state index contributed by atoms with van der Waals surface area (Å²) in [6.45, 7) is 1.98. The van der Waals surface area contributed by atoms with E-state index in [1.165, 1.54) is 7.11 Å². The van der Waals surface area contributed by atoms with Crippen molar-refractivity contribution in [2.75, 3.05) is 19.1 Å². The number of thioether (sulfide) groups is 1. The fourth-order valence-electron chi connectivity index (χ4n) is 3.15. The van der Waals surface area contributed by atoms with Crippen molar-refractivity contribution in [1.82, 2.24) is 15.1 Å². The monoisotopic (exact) mass is 423 g/mol. The van der Waals surface area contributed by atoms with Crippen molar-refractivity contribution < 1.29 is 14.3 Å². The highest BCUT2D eigenvalue weighted by Gasteiger charge is 2.25. The molecule has 0 fully saturated rings. The number of hydrogen-bond acceptors (Lipinski definition) is 5. The lowest BCUT2D eigenvalue weighted by atomic mass is 10.0. The highest BCUT2D eigenvalue weighted by Crippen LogP contribution is 2.27. The van der Waals surface area contributed by atoms with Gasteiger partial charge in [0, 0.05) is 11.8 Å². The van der Waals surface area contributed by atoms with Crippen LogP contribution in [-0.2, 0) is 9.53 Å². The van der Waals surface area contributed by atoms with Gasteiger partial charge in [0.2, 0.25) is 0 Å². The van der Waals surface area contributed by atoms with Gasteiger partial charge < -0.3 is 10.1 Å². The minimum atomic E-state index is -0.709. The Morgan fingerprint density at radius 1 is 1.13 bits per heavy atom. The molecular weight excluding hydrogens is 398 g/mol. The third-order valence-corrected chi connectivity index (χ3v) is 5.43. The van der Waals surface area contributed by atoms with E-state index in [-0.39, 0.29) is 5.91 Å². The lowest BCUT2D eigenvalue weighted by Crippen LogP contribution is -2.42. The zero-order chi connectivity index (χ0) is 21.5. The summed E-state index contributed by atoms with van der Waals surface area (Å²) < 4.78 is 6.56. The second kappa shape index (κ2) is 10.1. The van der Waals surface area contributed by atoms with Gasteiger partial charge in [-0.2, -0.15) is 16.9 Å². The molecule has 1 atom stereocenters. The predicted molar refractivity (Wildman–Crippen MR) is 120 cm³/mol. The molecule has 0 aliphatic carbocycles. The largest absolute Gasteiger partial charge is 0.467 e. The number of aryl methyl sites for hydroxylation is 1. The number of para-hydroxylation sites is 1. The molecule has 7 heteroatoms. The molecule has 3 rings (SSSR count). The summed E-state index contributed by atoms with van der Waals surface area (Å²) in [5, 5.41) is 7.54. The molecule has 1 aromatic heterocycles. The maximum Gasteiger partial charge on any atom is 0.328 e. The van der Waals surface area contributed by atoms with Gasteiger partial charge in [-0.25, -0.2) is 9.48 Å². The van der Waals surface area contributed by atoms with Crippen LogP contribution >= 0.6 is 11.8 Å². The number of ether oxygens (including phenoxy) is 1. The Labute approximate surface area is 180 Å². The fraction of sp³-hybridized carbons (Fsp3) is 0.261. The molecule has 0 radical (unpaired) electrons. The van der Waals surface area contributed by atoms with Gasteiger partial charge in [0.25, 0.3) is 5.91 Å². The first-order chi connectivity index (χ1) is 14.5. The zero-order valence-electron chi connectivity index (χ0n) is 17.3. The SMILES string of the molecule is COC(=O)[C@@H](CCSC)NC(=O)c1cn(-c2ccccc2)nc1-c1ccccc1C. The molecule has 1 amide bonds. The van der Waals surface area contributed by atoms with Gasteiger partial charge in [0.05, 0.1) is 18.4 Å². The fourth-order valence-corrected chi connectivity index (χ4v) is 3.62. The van der Waals surface area contributed by atoms with E-state index in [0.29, 0.717) is 17.7 Å². The number of rotatable bonds is 8. The molecular formula is C23H25N3O3S. The zero-order valence-corrected chi connectivity index (χ0v) is 18.1. The van der Waals surface area contributed by atoms with Crippen molar-refractivity contribution in [3.63, 3.8) is 0 Å². The second-order valence-electron chi connectivity index (χ2n) is 6.82. The van der Waals surface area contributed by atoms with Crippen LogP contribution in [0.4, 0.5) is 0 Å². The average Bonchev–Trinajstić information content (AvgIpc) is 3.22. The number of methoxy groups -OCH3 is 1. The summed E-state index contributed by atoms with van der Waals surface area (Å²) in [5.41, 5.74) is 3.71. The maximum atomic E-state index is 13.2. The van der Waals surface area contributed by atoms with Crippen molar-refractivity contribution in [2.45, 2.75) is 19.4 Å². The quantitative estimate of drug-likeness (QED) is 0.557. The molecule has 1 N–H and O–H groups in total. The topological polar surface area (TPSA) is 73.2 Å². The molecule has 0 bridgehead atoms. The molecule has 1 heterocycles. The predicted octanol–water partition coefficient (Wildman–Crippen LogP) is 3.87. The number of benzene rings is 2. The van der Waals surface area contributed by atoms with Crippen molar-refractivity contribution in [3.8, 4) is 16.9 Å².